The fourth-order valence-electron chi connectivity index (χ4n) is 2.84. The summed E-state index contributed by atoms with van der Waals surface area (Å²) in [5.74, 6) is 0.745. The maximum atomic E-state index is 12.2. The number of rotatable bonds is 4. The van der Waals surface area contributed by atoms with Crippen LogP contribution in [-0.4, -0.2) is 35.0 Å². The molecule has 2 aromatic rings. The van der Waals surface area contributed by atoms with Gasteiger partial charge >= 0.3 is 0 Å². The van der Waals surface area contributed by atoms with Crippen molar-refractivity contribution in [3.05, 3.63) is 53.3 Å². The number of nitrogens with one attached hydrogen (secondary N) is 1. The molecule has 1 aromatic carbocycles. The minimum absolute atomic E-state index is 0.0214. The number of halogens is 1. The van der Waals surface area contributed by atoms with Crippen LogP contribution in [0, 0.1) is 0 Å². The molecule has 2 heterocycles. The first kappa shape index (κ1) is 15.7. The topological polar surface area (TPSA) is 58.1 Å². The highest BCUT2D eigenvalue weighted by Gasteiger charge is 2.22. The molecule has 23 heavy (non-hydrogen) atoms. The van der Waals surface area contributed by atoms with E-state index in [2.05, 4.69) is 20.2 Å². The van der Waals surface area contributed by atoms with Crippen molar-refractivity contribution in [3.8, 4) is 0 Å². The first-order valence-corrected chi connectivity index (χ1v) is 8.14. The molecule has 1 amide bonds. The molecular formula is C17H19ClN4O. The van der Waals surface area contributed by atoms with Gasteiger partial charge in [0.1, 0.15) is 0 Å². The van der Waals surface area contributed by atoms with Crippen LogP contribution in [0.5, 0.6) is 0 Å². The second-order valence-corrected chi connectivity index (χ2v) is 6.14. The van der Waals surface area contributed by atoms with Gasteiger partial charge < -0.3 is 10.2 Å². The van der Waals surface area contributed by atoms with Crippen LogP contribution in [0.4, 0.5) is 5.95 Å². The Morgan fingerprint density at radius 2 is 2.13 bits per heavy atom. The summed E-state index contributed by atoms with van der Waals surface area (Å²) in [5.41, 5.74) is 0.925. The number of carbonyl (C=O) groups is 1. The molecule has 1 fully saturated rings. The van der Waals surface area contributed by atoms with Crippen molar-refractivity contribution in [3.63, 3.8) is 0 Å². The molecule has 1 aromatic heterocycles. The van der Waals surface area contributed by atoms with Crippen LogP contribution < -0.4 is 10.2 Å². The number of amides is 1. The molecule has 0 spiro atoms. The van der Waals surface area contributed by atoms with E-state index in [-0.39, 0.29) is 11.9 Å². The number of benzene rings is 1. The quantitative estimate of drug-likeness (QED) is 0.935. The largest absolute Gasteiger partial charge is 0.351 e. The molecule has 1 N–H and O–H groups in total. The molecule has 6 heteroatoms. The lowest BCUT2D eigenvalue weighted by molar-refractivity contribution is -0.121. The van der Waals surface area contributed by atoms with E-state index in [9.17, 15) is 4.79 Å². The Bertz CT molecular complexity index is 665. The zero-order chi connectivity index (χ0) is 16.1. The van der Waals surface area contributed by atoms with Crippen LogP contribution in [0.3, 0.4) is 0 Å². The first-order chi connectivity index (χ1) is 11.2. The Morgan fingerprint density at radius 1 is 1.30 bits per heavy atom. The van der Waals surface area contributed by atoms with Crippen molar-refractivity contribution in [2.75, 3.05) is 18.0 Å². The second-order valence-electron chi connectivity index (χ2n) is 5.71. The van der Waals surface area contributed by atoms with E-state index in [1.807, 2.05) is 24.3 Å². The monoisotopic (exact) mass is 330 g/mol. The predicted molar refractivity (Wildman–Crippen MR) is 90.6 cm³/mol. The normalized spacial score (nSPS) is 17.8. The lowest BCUT2D eigenvalue weighted by Gasteiger charge is -2.33. The average molecular weight is 331 g/mol. The SMILES string of the molecule is O=C(Cc1cccc(Cl)c1)NC1CCCN(c2ncccn2)C1. The van der Waals surface area contributed by atoms with Gasteiger partial charge in [0.15, 0.2) is 0 Å². The Morgan fingerprint density at radius 3 is 2.91 bits per heavy atom. The molecule has 1 atom stereocenters. The van der Waals surface area contributed by atoms with Crippen molar-refractivity contribution >= 4 is 23.5 Å². The lowest BCUT2D eigenvalue weighted by Crippen LogP contribution is -2.48. The Labute approximate surface area is 140 Å². The number of nitrogens with zero attached hydrogens (tertiary/aromatic N) is 3. The van der Waals surface area contributed by atoms with Gasteiger partial charge in [-0.15, -0.1) is 0 Å². The average Bonchev–Trinajstić information content (AvgIpc) is 2.56. The third kappa shape index (κ3) is 4.42. The molecule has 0 radical (unpaired) electrons. The summed E-state index contributed by atoms with van der Waals surface area (Å²) >= 11 is 5.95. The number of hydrogen-bond acceptors (Lipinski definition) is 4. The van der Waals surface area contributed by atoms with Crippen molar-refractivity contribution in [1.29, 1.82) is 0 Å². The first-order valence-electron chi connectivity index (χ1n) is 7.76. The number of aromatic nitrogens is 2. The number of anilines is 1. The summed E-state index contributed by atoms with van der Waals surface area (Å²) in [4.78, 5) is 22.9. The zero-order valence-electron chi connectivity index (χ0n) is 12.8. The standard InChI is InChI=1S/C17H19ClN4O/c18-14-5-1-4-13(10-14)11-16(23)21-15-6-2-9-22(12-15)17-19-7-3-8-20-17/h1,3-5,7-8,10,15H,2,6,9,11-12H2,(H,21,23). The van der Waals surface area contributed by atoms with Crippen LogP contribution in [0.25, 0.3) is 0 Å². The molecule has 0 saturated carbocycles. The Hall–Kier alpha value is -2.14. The molecule has 0 aliphatic carbocycles. The van der Waals surface area contributed by atoms with E-state index in [4.69, 9.17) is 11.6 Å². The van der Waals surface area contributed by atoms with Gasteiger partial charge in [-0.25, -0.2) is 9.97 Å². The zero-order valence-corrected chi connectivity index (χ0v) is 13.5. The maximum Gasteiger partial charge on any atom is 0.225 e. The summed E-state index contributed by atoms with van der Waals surface area (Å²) < 4.78 is 0. The molecule has 0 bridgehead atoms. The van der Waals surface area contributed by atoms with Crippen LogP contribution in [0.2, 0.25) is 5.02 Å². The molecule has 3 rings (SSSR count). The van der Waals surface area contributed by atoms with Gasteiger partial charge in [0.25, 0.3) is 0 Å². The van der Waals surface area contributed by atoms with E-state index >= 15 is 0 Å². The lowest BCUT2D eigenvalue weighted by atomic mass is 10.1. The minimum atomic E-state index is 0.0214. The molecular weight excluding hydrogens is 312 g/mol. The summed E-state index contributed by atoms with van der Waals surface area (Å²) in [7, 11) is 0. The Balaban J connectivity index is 1.56. The highest BCUT2D eigenvalue weighted by molar-refractivity contribution is 6.30. The van der Waals surface area contributed by atoms with E-state index in [1.54, 1.807) is 18.5 Å². The van der Waals surface area contributed by atoms with Crippen LogP contribution >= 0.6 is 11.6 Å². The third-order valence-electron chi connectivity index (χ3n) is 3.88. The van der Waals surface area contributed by atoms with Gasteiger partial charge in [-0.3, -0.25) is 4.79 Å². The third-order valence-corrected chi connectivity index (χ3v) is 4.11. The molecule has 1 unspecified atom stereocenters. The Kier molecular flexibility index (Phi) is 5.08. The fraction of sp³-hybridized carbons (Fsp3) is 0.353. The van der Waals surface area contributed by atoms with Crippen molar-refractivity contribution < 1.29 is 4.79 Å². The van der Waals surface area contributed by atoms with E-state index in [0.717, 1.165) is 37.4 Å². The highest BCUT2D eigenvalue weighted by Crippen LogP contribution is 2.16. The maximum absolute atomic E-state index is 12.2. The predicted octanol–water partition coefficient (Wildman–Crippen LogP) is 2.46. The minimum Gasteiger partial charge on any atom is -0.351 e. The number of piperidine rings is 1. The van der Waals surface area contributed by atoms with E-state index < -0.39 is 0 Å². The fourth-order valence-corrected chi connectivity index (χ4v) is 3.06. The summed E-state index contributed by atoms with van der Waals surface area (Å²) in [6.07, 6.45) is 5.82. The molecule has 120 valence electrons. The van der Waals surface area contributed by atoms with Crippen LogP contribution in [0.1, 0.15) is 18.4 Å². The summed E-state index contributed by atoms with van der Waals surface area (Å²) in [6.45, 7) is 1.66. The van der Waals surface area contributed by atoms with Gasteiger partial charge in [-0.2, -0.15) is 0 Å². The smallest absolute Gasteiger partial charge is 0.225 e. The van der Waals surface area contributed by atoms with E-state index in [1.165, 1.54) is 0 Å². The van der Waals surface area contributed by atoms with Crippen molar-refractivity contribution in [1.82, 2.24) is 15.3 Å². The van der Waals surface area contributed by atoms with Crippen molar-refractivity contribution in [2.24, 2.45) is 0 Å². The summed E-state index contributed by atoms with van der Waals surface area (Å²) in [6, 6.07) is 9.33. The number of carbonyl (C=O) groups excluding carboxylic acids is 1. The van der Waals surface area contributed by atoms with Gasteiger partial charge in [0.05, 0.1) is 6.42 Å². The molecule has 1 aliphatic heterocycles. The van der Waals surface area contributed by atoms with Gasteiger partial charge in [-0.05, 0) is 36.6 Å². The van der Waals surface area contributed by atoms with E-state index in [0.29, 0.717) is 11.4 Å². The second kappa shape index (κ2) is 7.42. The molecule has 5 nitrogen and oxygen atoms in total. The van der Waals surface area contributed by atoms with Crippen molar-refractivity contribution in [2.45, 2.75) is 25.3 Å². The molecule has 1 saturated heterocycles. The highest BCUT2D eigenvalue weighted by atomic mass is 35.5. The number of hydrogen-bond donors (Lipinski definition) is 1. The van der Waals surface area contributed by atoms with Crippen LogP contribution in [0.15, 0.2) is 42.7 Å². The van der Waals surface area contributed by atoms with Gasteiger partial charge in [0.2, 0.25) is 11.9 Å². The van der Waals surface area contributed by atoms with Gasteiger partial charge in [-0.1, -0.05) is 23.7 Å². The van der Waals surface area contributed by atoms with Crippen LogP contribution in [-0.2, 0) is 11.2 Å². The van der Waals surface area contributed by atoms with Gasteiger partial charge in [0, 0.05) is 36.5 Å². The summed E-state index contributed by atoms with van der Waals surface area (Å²) in [5, 5.41) is 3.76. The molecule has 1 aliphatic rings.